The van der Waals surface area contributed by atoms with E-state index >= 15 is 0 Å². The number of carbonyl (C=O) groups is 2. The zero-order valence-electron chi connectivity index (χ0n) is 13.7. The van der Waals surface area contributed by atoms with E-state index in [1.165, 1.54) is 13.0 Å². The summed E-state index contributed by atoms with van der Waals surface area (Å²) in [5.74, 6) is 0.130. The lowest BCUT2D eigenvalue weighted by Gasteiger charge is -2.17. The lowest BCUT2D eigenvalue weighted by Crippen LogP contribution is -2.47. The van der Waals surface area contributed by atoms with Crippen molar-refractivity contribution in [2.75, 3.05) is 6.61 Å². The van der Waals surface area contributed by atoms with E-state index in [1.807, 2.05) is 6.07 Å². The van der Waals surface area contributed by atoms with Gasteiger partial charge in [0.15, 0.2) is 17.6 Å². The van der Waals surface area contributed by atoms with Crippen LogP contribution in [0.3, 0.4) is 0 Å². The largest absolute Gasteiger partial charge is 0.490 e. The number of ether oxygens (including phenoxy) is 2. The number of hydrogen-bond donors (Lipinski definition) is 2. The highest BCUT2D eigenvalue weighted by Gasteiger charge is 2.19. The zero-order valence-corrected chi connectivity index (χ0v) is 13.7. The number of nitrogens with zero attached hydrogens (tertiary/aromatic N) is 1. The minimum Gasteiger partial charge on any atom is -0.490 e. The first-order chi connectivity index (χ1) is 10.9. The SMILES string of the molecule is CCOc1cc(C#N)ccc1O[C@@H](C)C(=O)NC(=O)NC(C)C. The fourth-order valence-electron chi connectivity index (χ4n) is 1.70. The molecule has 0 saturated heterocycles. The zero-order chi connectivity index (χ0) is 17.4. The average Bonchev–Trinajstić information content (AvgIpc) is 2.48. The first-order valence-electron chi connectivity index (χ1n) is 7.32. The lowest BCUT2D eigenvalue weighted by atomic mass is 10.2. The number of amides is 3. The molecular formula is C16H21N3O4. The van der Waals surface area contributed by atoms with Crippen LogP contribution in [0.25, 0.3) is 0 Å². The van der Waals surface area contributed by atoms with Crippen LogP contribution < -0.4 is 20.1 Å². The summed E-state index contributed by atoms with van der Waals surface area (Å²) in [6.45, 7) is 7.29. The monoisotopic (exact) mass is 319 g/mol. The first-order valence-corrected chi connectivity index (χ1v) is 7.32. The fourth-order valence-corrected chi connectivity index (χ4v) is 1.70. The topological polar surface area (TPSA) is 100 Å². The van der Waals surface area contributed by atoms with Gasteiger partial charge >= 0.3 is 6.03 Å². The van der Waals surface area contributed by atoms with Crippen LogP contribution in [0, 0.1) is 11.3 Å². The molecule has 0 aromatic heterocycles. The molecule has 1 rings (SSSR count). The molecule has 0 saturated carbocycles. The molecule has 0 aliphatic heterocycles. The van der Waals surface area contributed by atoms with Gasteiger partial charge in [-0.3, -0.25) is 10.1 Å². The quantitative estimate of drug-likeness (QED) is 0.835. The molecule has 0 bridgehead atoms. The van der Waals surface area contributed by atoms with E-state index in [1.54, 1.807) is 32.9 Å². The van der Waals surface area contributed by atoms with E-state index in [-0.39, 0.29) is 6.04 Å². The third-order valence-electron chi connectivity index (χ3n) is 2.70. The number of hydrogen-bond acceptors (Lipinski definition) is 5. The van der Waals surface area contributed by atoms with Gasteiger partial charge in [0.05, 0.1) is 18.2 Å². The molecule has 0 aliphatic rings. The maximum Gasteiger partial charge on any atom is 0.321 e. The fraction of sp³-hybridized carbons (Fsp3) is 0.438. The Labute approximate surface area is 135 Å². The molecule has 0 unspecified atom stereocenters. The average molecular weight is 319 g/mol. The van der Waals surface area contributed by atoms with Crippen molar-refractivity contribution >= 4 is 11.9 Å². The number of carbonyl (C=O) groups excluding carboxylic acids is 2. The molecule has 23 heavy (non-hydrogen) atoms. The number of nitrogens with one attached hydrogen (secondary N) is 2. The number of nitriles is 1. The van der Waals surface area contributed by atoms with Crippen molar-refractivity contribution in [2.45, 2.75) is 39.8 Å². The lowest BCUT2D eigenvalue weighted by molar-refractivity contribution is -0.126. The molecule has 0 radical (unpaired) electrons. The van der Waals surface area contributed by atoms with Crippen molar-refractivity contribution in [2.24, 2.45) is 0 Å². The van der Waals surface area contributed by atoms with Crippen molar-refractivity contribution < 1.29 is 19.1 Å². The van der Waals surface area contributed by atoms with Gasteiger partial charge in [0, 0.05) is 12.1 Å². The van der Waals surface area contributed by atoms with Crippen molar-refractivity contribution in [1.29, 1.82) is 5.26 Å². The van der Waals surface area contributed by atoms with Crippen LogP contribution in [0.4, 0.5) is 4.79 Å². The van der Waals surface area contributed by atoms with E-state index in [0.29, 0.717) is 23.7 Å². The Hall–Kier alpha value is -2.75. The first kappa shape index (κ1) is 18.3. The standard InChI is InChI=1S/C16H21N3O4/c1-5-22-14-8-12(9-17)6-7-13(14)23-11(4)15(20)19-16(21)18-10(2)3/h6-8,10-11H,5H2,1-4H3,(H2,18,19,20,21)/t11-/m0/s1. The van der Waals surface area contributed by atoms with Crippen LogP contribution in [-0.2, 0) is 4.79 Å². The number of imide groups is 1. The van der Waals surface area contributed by atoms with Crippen molar-refractivity contribution in [1.82, 2.24) is 10.6 Å². The summed E-state index contributed by atoms with van der Waals surface area (Å²) in [7, 11) is 0. The molecule has 2 N–H and O–H groups in total. The maximum atomic E-state index is 11.9. The highest BCUT2D eigenvalue weighted by Crippen LogP contribution is 2.29. The van der Waals surface area contributed by atoms with Gasteiger partial charge in [0.1, 0.15) is 0 Å². The van der Waals surface area contributed by atoms with Crippen LogP contribution in [-0.4, -0.2) is 30.7 Å². The van der Waals surface area contributed by atoms with E-state index in [4.69, 9.17) is 14.7 Å². The number of benzene rings is 1. The minimum atomic E-state index is -0.903. The molecule has 1 atom stereocenters. The Kier molecular flexibility index (Phi) is 6.87. The maximum absolute atomic E-state index is 11.9. The van der Waals surface area contributed by atoms with Gasteiger partial charge in [-0.15, -0.1) is 0 Å². The van der Waals surface area contributed by atoms with Gasteiger partial charge in [0.2, 0.25) is 0 Å². The second kappa shape index (κ2) is 8.63. The molecule has 0 fully saturated rings. The Morgan fingerprint density at radius 1 is 1.26 bits per heavy atom. The summed E-state index contributed by atoms with van der Waals surface area (Å²) in [5, 5.41) is 13.7. The predicted molar refractivity (Wildman–Crippen MR) is 84.2 cm³/mol. The van der Waals surface area contributed by atoms with Crippen LogP contribution >= 0.6 is 0 Å². The highest BCUT2D eigenvalue weighted by molar-refractivity contribution is 5.96. The molecule has 1 aromatic rings. The highest BCUT2D eigenvalue weighted by atomic mass is 16.5. The van der Waals surface area contributed by atoms with Gasteiger partial charge in [-0.05, 0) is 39.8 Å². The Bertz CT molecular complexity index is 608. The number of urea groups is 1. The van der Waals surface area contributed by atoms with E-state index < -0.39 is 18.0 Å². The summed E-state index contributed by atoms with van der Waals surface area (Å²) in [5.41, 5.74) is 0.425. The van der Waals surface area contributed by atoms with Gasteiger partial charge in [-0.2, -0.15) is 5.26 Å². The second-order valence-corrected chi connectivity index (χ2v) is 5.08. The third-order valence-corrected chi connectivity index (χ3v) is 2.70. The van der Waals surface area contributed by atoms with Crippen molar-refractivity contribution in [3.8, 4) is 17.6 Å². The van der Waals surface area contributed by atoms with Crippen LogP contribution in [0.5, 0.6) is 11.5 Å². The molecule has 0 spiro atoms. The number of rotatable bonds is 6. The Balaban J connectivity index is 2.76. The van der Waals surface area contributed by atoms with Gasteiger partial charge in [-0.25, -0.2) is 4.79 Å². The van der Waals surface area contributed by atoms with E-state index in [2.05, 4.69) is 10.6 Å². The van der Waals surface area contributed by atoms with Crippen LogP contribution in [0.1, 0.15) is 33.3 Å². The van der Waals surface area contributed by atoms with E-state index in [9.17, 15) is 9.59 Å². The summed E-state index contributed by atoms with van der Waals surface area (Å²) in [6.07, 6.45) is -0.903. The third kappa shape index (κ3) is 5.87. The molecule has 0 aliphatic carbocycles. The molecule has 1 aromatic carbocycles. The Morgan fingerprint density at radius 2 is 1.96 bits per heavy atom. The molecule has 7 nitrogen and oxygen atoms in total. The smallest absolute Gasteiger partial charge is 0.321 e. The van der Waals surface area contributed by atoms with Gasteiger partial charge in [-0.1, -0.05) is 0 Å². The second-order valence-electron chi connectivity index (χ2n) is 5.08. The van der Waals surface area contributed by atoms with Gasteiger partial charge < -0.3 is 14.8 Å². The van der Waals surface area contributed by atoms with Crippen molar-refractivity contribution in [3.63, 3.8) is 0 Å². The normalized spacial score (nSPS) is 11.3. The summed E-state index contributed by atoms with van der Waals surface area (Å²) in [6, 6.07) is 6.00. The predicted octanol–water partition coefficient (Wildman–Crippen LogP) is 1.96. The Morgan fingerprint density at radius 3 is 2.52 bits per heavy atom. The van der Waals surface area contributed by atoms with E-state index in [0.717, 1.165) is 0 Å². The molecule has 0 heterocycles. The van der Waals surface area contributed by atoms with Crippen LogP contribution in [0.15, 0.2) is 18.2 Å². The van der Waals surface area contributed by atoms with Gasteiger partial charge in [0.25, 0.3) is 5.91 Å². The summed E-state index contributed by atoms with van der Waals surface area (Å²) in [4.78, 5) is 23.5. The van der Waals surface area contributed by atoms with Crippen molar-refractivity contribution in [3.05, 3.63) is 23.8 Å². The molecular weight excluding hydrogens is 298 g/mol. The molecule has 124 valence electrons. The summed E-state index contributed by atoms with van der Waals surface area (Å²) < 4.78 is 10.9. The molecule has 7 heteroatoms. The summed E-state index contributed by atoms with van der Waals surface area (Å²) >= 11 is 0. The van der Waals surface area contributed by atoms with Crippen LogP contribution in [0.2, 0.25) is 0 Å². The minimum absolute atomic E-state index is 0.0814. The molecule has 3 amide bonds.